The van der Waals surface area contributed by atoms with E-state index in [1.807, 2.05) is 0 Å². The van der Waals surface area contributed by atoms with E-state index < -0.39 is 11.7 Å². The van der Waals surface area contributed by atoms with Gasteiger partial charge in [-0.3, -0.25) is 0 Å². The molecule has 1 rings (SSSR count). The third kappa shape index (κ3) is 0.757. The third-order valence-electron chi connectivity index (χ3n) is 0.879. The zero-order valence-corrected chi connectivity index (χ0v) is 3.87. The lowest BCUT2D eigenvalue weighted by atomic mass is 10.1. The molecule has 0 fully saturated rings. The van der Waals surface area contributed by atoms with E-state index in [9.17, 15) is 13.2 Å². The molecule has 8 heavy (non-hydrogen) atoms. The van der Waals surface area contributed by atoms with Crippen LogP contribution in [0.5, 0.6) is 0 Å². The van der Waals surface area contributed by atoms with Crippen LogP contribution in [0.4, 0.5) is 13.2 Å². The molecule has 0 saturated carbocycles. The number of alkyl halides is 3. The normalized spacial score (nSPS) is 17.6. The van der Waals surface area contributed by atoms with E-state index in [0.29, 0.717) is 0 Å². The molecular weight excluding hydrogens is 117 g/mol. The average Bonchev–Trinajstić information content (AvgIpc) is 1.16. The van der Waals surface area contributed by atoms with Gasteiger partial charge in [-0.2, -0.15) is 13.2 Å². The molecule has 0 saturated heterocycles. The third-order valence-corrected chi connectivity index (χ3v) is 0.879. The zero-order chi connectivity index (χ0) is 6.20. The number of allylic oxidation sites excluding steroid dienone is 4. The Kier molecular flexibility index (Phi) is 0.927. The molecule has 44 valence electrons. The Hall–Kier alpha value is -0.730. The maximum absolute atomic E-state index is 11.4. The smallest absolute Gasteiger partial charge is 0.166 e. The minimum atomic E-state index is -4.13. The Bertz CT molecular complexity index is 150. The van der Waals surface area contributed by atoms with Crippen molar-refractivity contribution in [1.29, 1.82) is 0 Å². The lowest BCUT2D eigenvalue weighted by Crippen LogP contribution is -2.12. The predicted molar refractivity (Wildman–Crippen MR) is 23.3 cm³/mol. The summed E-state index contributed by atoms with van der Waals surface area (Å²) >= 11 is 0. The first kappa shape index (κ1) is 5.41. The maximum atomic E-state index is 11.4. The molecule has 0 aromatic heterocycles. The van der Waals surface area contributed by atoms with Crippen molar-refractivity contribution >= 4 is 0 Å². The molecule has 1 aliphatic rings. The highest BCUT2D eigenvalue weighted by Gasteiger charge is 2.32. The van der Waals surface area contributed by atoms with Crippen LogP contribution in [0.2, 0.25) is 0 Å². The molecule has 0 spiro atoms. The fraction of sp³-hybridized carbons (Fsp3) is 0.200. The largest absolute Gasteiger partial charge is 0.416 e. The SMILES string of the molecule is FC(F)(F)C1=CC=C1. The van der Waals surface area contributed by atoms with E-state index in [1.165, 1.54) is 6.08 Å². The van der Waals surface area contributed by atoms with Gasteiger partial charge in [-0.1, -0.05) is 18.2 Å². The number of hydrogen-bond acceptors (Lipinski definition) is 0. The van der Waals surface area contributed by atoms with Crippen LogP contribution in [-0.4, -0.2) is 6.18 Å². The molecule has 0 amide bonds. The molecule has 0 radical (unpaired) electrons. The van der Waals surface area contributed by atoms with Crippen molar-refractivity contribution in [2.75, 3.05) is 0 Å². The second-order valence-electron chi connectivity index (χ2n) is 1.48. The minimum Gasteiger partial charge on any atom is -0.166 e. The van der Waals surface area contributed by atoms with Crippen LogP contribution in [0.15, 0.2) is 23.8 Å². The summed E-state index contributed by atoms with van der Waals surface area (Å²) in [7, 11) is 0. The van der Waals surface area contributed by atoms with Crippen molar-refractivity contribution in [3.63, 3.8) is 0 Å². The summed E-state index contributed by atoms with van der Waals surface area (Å²) in [5.74, 6) is 0. The van der Waals surface area contributed by atoms with E-state index in [2.05, 4.69) is 0 Å². The summed E-state index contributed by atoms with van der Waals surface area (Å²) in [6.45, 7) is 0. The Labute approximate surface area is 44.3 Å². The van der Waals surface area contributed by atoms with Crippen LogP contribution in [0.3, 0.4) is 0 Å². The Morgan fingerprint density at radius 1 is 1.25 bits per heavy atom. The maximum Gasteiger partial charge on any atom is 0.416 e. The van der Waals surface area contributed by atoms with Gasteiger partial charge in [0.25, 0.3) is 0 Å². The second kappa shape index (κ2) is 1.37. The van der Waals surface area contributed by atoms with Gasteiger partial charge in [0.05, 0.1) is 5.57 Å². The first-order valence-electron chi connectivity index (χ1n) is 2.06. The summed E-state index contributed by atoms with van der Waals surface area (Å²) in [4.78, 5) is 0. The van der Waals surface area contributed by atoms with E-state index in [1.54, 1.807) is 0 Å². The quantitative estimate of drug-likeness (QED) is 0.459. The molecule has 0 heterocycles. The van der Waals surface area contributed by atoms with Crippen molar-refractivity contribution in [2.24, 2.45) is 0 Å². The molecule has 0 N–H and O–H groups in total. The van der Waals surface area contributed by atoms with Gasteiger partial charge < -0.3 is 0 Å². The molecule has 0 unspecified atom stereocenters. The van der Waals surface area contributed by atoms with Crippen LogP contribution in [-0.2, 0) is 0 Å². The summed E-state index contributed by atoms with van der Waals surface area (Å²) in [5.41, 5.74) is -0.544. The summed E-state index contributed by atoms with van der Waals surface area (Å²) in [6, 6.07) is 0. The second-order valence-corrected chi connectivity index (χ2v) is 1.48. The van der Waals surface area contributed by atoms with Crippen LogP contribution in [0, 0.1) is 0 Å². The van der Waals surface area contributed by atoms with E-state index in [-0.39, 0.29) is 0 Å². The Morgan fingerprint density at radius 2 is 1.75 bits per heavy atom. The topological polar surface area (TPSA) is 0 Å². The predicted octanol–water partition coefficient (Wildman–Crippen LogP) is 2.04. The Balaban J connectivity index is 2.61. The van der Waals surface area contributed by atoms with Crippen molar-refractivity contribution < 1.29 is 13.2 Å². The van der Waals surface area contributed by atoms with Crippen LogP contribution >= 0.6 is 0 Å². The molecule has 1 aliphatic carbocycles. The van der Waals surface area contributed by atoms with E-state index in [4.69, 9.17) is 0 Å². The van der Waals surface area contributed by atoms with Gasteiger partial charge in [0.15, 0.2) is 0 Å². The highest BCUT2D eigenvalue weighted by Crippen LogP contribution is 2.29. The van der Waals surface area contributed by atoms with Crippen LogP contribution < -0.4 is 0 Å². The fourth-order valence-electron chi connectivity index (χ4n) is 0.381. The van der Waals surface area contributed by atoms with Crippen LogP contribution in [0.1, 0.15) is 0 Å². The zero-order valence-electron chi connectivity index (χ0n) is 3.87. The monoisotopic (exact) mass is 120 g/mol. The van der Waals surface area contributed by atoms with Crippen LogP contribution in [0.25, 0.3) is 0 Å². The first-order chi connectivity index (χ1) is 3.61. The highest BCUT2D eigenvalue weighted by molar-refractivity contribution is 5.38. The van der Waals surface area contributed by atoms with Gasteiger partial charge in [-0.15, -0.1) is 0 Å². The lowest BCUT2D eigenvalue weighted by molar-refractivity contribution is -0.0889. The number of halogens is 3. The van der Waals surface area contributed by atoms with Gasteiger partial charge in [0, 0.05) is 0 Å². The van der Waals surface area contributed by atoms with Gasteiger partial charge in [0.1, 0.15) is 0 Å². The van der Waals surface area contributed by atoms with E-state index in [0.717, 1.165) is 12.2 Å². The molecule has 3 heteroatoms. The number of hydrogen-bond donors (Lipinski definition) is 0. The summed E-state index contributed by atoms with van der Waals surface area (Å²) in [6.07, 6.45) is -0.683. The minimum absolute atomic E-state index is 0.544. The molecule has 0 nitrogen and oxygen atoms in total. The number of rotatable bonds is 0. The Morgan fingerprint density at radius 3 is 1.75 bits per heavy atom. The standard InChI is InChI=1S/C5H3F3/c6-5(7,8)4-2-1-3-4/h1-3H. The lowest BCUT2D eigenvalue weighted by Gasteiger charge is -2.09. The first-order valence-corrected chi connectivity index (χ1v) is 2.06. The summed E-state index contributed by atoms with van der Waals surface area (Å²) in [5, 5.41) is 0. The van der Waals surface area contributed by atoms with E-state index >= 15 is 0 Å². The molecular formula is C5H3F3. The molecule has 0 bridgehead atoms. The van der Waals surface area contributed by atoms with Crippen molar-refractivity contribution in [2.45, 2.75) is 6.18 Å². The van der Waals surface area contributed by atoms with Gasteiger partial charge >= 0.3 is 6.18 Å². The molecule has 0 aromatic rings. The van der Waals surface area contributed by atoms with Gasteiger partial charge in [-0.25, -0.2) is 0 Å². The van der Waals surface area contributed by atoms with Crippen molar-refractivity contribution in [1.82, 2.24) is 0 Å². The van der Waals surface area contributed by atoms with Gasteiger partial charge in [-0.05, 0) is 0 Å². The highest BCUT2D eigenvalue weighted by atomic mass is 19.4. The van der Waals surface area contributed by atoms with Gasteiger partial charge in [0.2, 0.25) is 0 Å². The summed E-state index contributed by atoms with van der Waals surface area (Å²) < 4.78 is 34.1. The molecule has 0 atom stereocenters. The molecule has 0 aliphatic heterocycles. The molecule has 0 aromatic carbocycles. The fourth-order valence-corrected chi connectivity index (χ4v) is 0.381. The van der Waals surface area contributed by atoms with Crippen molar-refractivity contribution in [3.8, 4) is 0 Å². The average molecular weight is 120 g/mol. The van der Waals surface area contributed by atoms with Crippen molar-refractivity contribution in [3.05, 3.63) is 23.8 Å².